The van der Waals surface area contributed by atoms with Gasteiger partial charge in [0.2, 0.25) is 0 Å². The molecule has 2 N–H and O–H groups in total. The lowest BCUT2D eigenvalue weighted by Gasteiger charge is -2.20. The summed E-state index contributed by atoms with van der Waals surface area (Å²) < 4.78 is 69.3. The Morgan fingerprint density at radius 2 is 1.67 bits per heavy atom. The van der Waals surface area contributed by atoms with Crippen LogP contribution in [0.25, 0.3) is 0 Å². The summed E-state index contributed by atoms with van der Waals surface area (Å²) in [6.07, 6.45) is -4.29. The number of hydrogen-bond donors (Lipinski definition) is 2. The van der Waals surface area contributed by atoms with Crippen LogP contribution in [0.2, 0.25) is 0 Å². The van der Waals surface area contributed by atoms with Crippen molar-refractivity contribution in [1.29, 1.82) is 0 Å². The molecule has 2 aromatic carbocycles. The van der Waals surface area contributed by atoms with Crippen LogP contribution in [-0.4, -0.2) is 23.0 Å². The van der Waals surface area contributed by atoms with Crippen LogP contribution in [0.15, 0.2) is 60.8 Å². The maximum Gasteiger partial charge on any atom is 0.458 e. The van der Waals surface area contributed by atoms with E-state index < -0.39 is 29.5 Å². The van der Waals surface area contributed by atoms with Gasteiger partial charge in [-0.25, -0.2) is 9.78 Å². The Balaban J connectivity index is 1.52. The van der Waals surface area contributed by atoms with Crippen molar-refractivity contribution >= 4 is 29.1 Å². The number of ether oxygens (including phenoxy) is 1. The lowest BCUT2D eigenvalue weighted by atomic mass is 10.1. The molecule has 0 fully saturated rings. The molecule has 1 aliphatic heterocycles. The van der Waals surface area contributed by atoms with Crippen LogP contribution >= 0.6 is 0 Å². The van der Waals surface area contributed by atoms with Crippen LogP contribution in [0.1, 0.15) is 31.8 Å². The van der Waals surface area contributed by atoms with Crippen LogP contribution in [0.4, 0.5) is 39.1 Å². The minimum absolute atomic E-state index is 0.0183. The molecule has 0 bridgehead atoms. The summed E-state index contributed by atoms with van der Waals surface area (Å²) in [6, 6.07) is 10.9. The molecule has 3 aromatic rings. The highest BCUT2D eigenvalue weighted by Gasteiger charge is 2.58. The van der Waals surface area contributed by atoms with Gasteiger partial charge in [-0.2, -0.15) is 22.0 Å². The molecule has 2 heterocycles. The van der Waals surface area contributed by atoms with E-state index in [1.54, 1.807) is 18.2 Å². The summed E-state index contributed by atoms with van der Waals surface area (Å²) in [5.74, 6) is -5.93. The predicted molar refractivity (Wildman–Crippen MR) is 107 cm³/mol. The number of halogens is 5. The highest BCUT2D eigenvalue weighted by atomic mass is 19.4. The molecule has 4 rings (SSSR count). The van der Waals surface area contributed by atoms with Crippen molar-refractivity contribution in [1.82, 2.24) is 4.98 Å². The van der Waals surface area contributed by atoms with E-state index in [1.165, 1.54) is 18.3 Å². The Labute approximate surface area is 183 Å². The summed E-state index contributed by atoms with van der Waals surface area (Å²) in [5.41, 5.74) is 0.524. The number of pyridine rings is 1. The van der Waals surface area contributed by atoms with Gasteiger partial charge in [-0.15, -0.1) is 0 Å². The second kappa shape index (κ2) is 8.15. The van der Waals surface area contributed by atoms with Crippen molar-refractivity contribution in [3.8, 4) is 0 Å². The number of amides is 1. The first-order valence-corrected chi connectivity index (χ1v) is 9.45. The zero-order valence-corrected chi connectivity index (χ0v) is 16.5. The van der Waals surface area contributed by atoms with Crippen LogP contribution in [0, 0.1) is 0 Å². The standard InChI is InChI=1S/C22H14F5N3O3/c23-21(24,22(25,26)27)13-3-5-14(6-4-13)30-19(31)17-2-1-9-28-18(17)29-15-7-8-16-12(10-15)11-33-20(16)32/h1-10H,11H2,(H,28,29)(H,30,31). The van der Waals surface area contributed by atoms with Gasteiger partial charge in [0.25, 0.3) is 5.91 Å². The van der Waals surface area contributed by atoms with Gasteiger partial charge in [-0.05, 0) is 42.5 Å². The number of nitrogens with one attached hydrogen (secondary N) is 2. The number of aromatic nitrogens is 1. The van der Waals surface area contributed by atoms with E-state index in [0.29, 0.717) is 28.9 Å². The van der Waals surface area contributed by atoms with E-state index in [1.807, 2.05) is 0 Å². The fourth-order valence-electron chi connectivity index (χ4n) is 3.16. The fourth-order valence-corrected chi connectivity index (χ4v) is 3.16. The third-order valence-corrected chi connectivity index (χ3v) is 4.86. The quantitative estimate of drug-likeness (QED) is 0.391. The summed E-state index contributed by atoms with van der Waals surface area (Å²) in [4.78, 5) is 28.4. The number of esters is 1. The predicted octanol–water partition coefficient (Wildman–Crippen LogP) is 5.40. The molecule has 0 spiro atoms. The van der Waals surface area contributed by atoms with Crippen molar-refractivity contribution < 1.29 is 36.3 Å². The zero-order valence-electron chi connectivity index (χ0n) is 16.5. The number of rotatable bonds is 5. The largest absolute Gasteiger partial charge is 0.458 e. The van der Waals surface area contributed by atoms with Gasteiger partial charge in [0.15, 0.2) is 0 Å². The van der Waals surface area contributed by atoms with Gasteiger partial charge in [-0.3, -0.25) is 4.79 Å². The van der Waals surface area contributed by atoms with Gasteiger partial charge in [0, 0.05) is 28.7 Å². The molecule has 33 heavy (non-hydrogen) atoms. The molecular weight excluding hydrogens is 449 g/mol. The monoisotopic (exact) mass is 463 g/mol. The van der Waals surface area contributed by atoms with E-state index in [9.17, 15) is 31.5 Å². The smallest absolute Gasteiger partial charge is 0.457 e. The second-order valence-electron chi connectivity index (χ2n) is 7.08. The van der Waals surface area contributed by atoms with Gasteiger partial charge < -0.3 is 15.4 Å². The minimum atomic E-state index is -5.73. The maximum atomic E-state index is 13.4. The summed E-state index contributed by atoms with van der Waals surface area (Å²) >= 11 is 0. The third-order valence-electron chi connectivity index (χ3n) is 4.86. The molecular formula is C22H14F5N3O3. The van der Waals surface area contributed by atoms with E-state index in [2.05, 4.69) is 15.6 Å². The van der Waals surface area contributed by atoms with Crippen LogP contribution in [0.5, 0.6) is 0 Å². The van der Waals surface area contributed by atoms with E-state index >= 15 is 0 Å². The third kappa shape index (κ3) is 4.34. The fraction of sp³-hybridized carbons (Fsp3) is 0.136. The molecule has 0 saturated carbocycles. The van der Waals surface area contributed by atoms with Crippen molar-refractivity contribution in [2.45, 2.75) is 18.7 Å². The molecule has 0 radical (unpaired) electrons. The Kier molecular flexibility index (Phi) is 5.48. The van der Waals surface area contributed by atoms with Crippen molar-refractivity contribution in [3.63, 3.8) is 0 Å². The van der Waals surface area contributed by atoms with Crippen LogP contribution < -0.4 is 10.6 Å². The minimum Gasteiger partial charge on any atom is -0.457 e. The number of hydrogen-bond acceptors (Lipinski definition) is 5. The Morgan fingerprint density at radius 1 is 0.970 bits per heavy atom. The number of alkyl halides is 5. The van der Waals surface area contributed by atoms with Gasteiger partial charge in [0.05, 0.1) is 11.1 Å². The lowest BCUT2D eigenvalue weighted by Crippen LogP contribution is -2.33. The van der Waals surface area contributed by atoms with E-state index in [0.717, 1.165) is 12.1 Å². The highest BCUT2D eigenvalue weighted by Crippen LogP contribution is 2.44. The molecule has 1 aromatic heterocycles. The lowest BCUT2D eigenvalue weighted by molar-refractivity contribution is -0.289. The zero-order chi connectivity index (χ0) is 23.8. The number of fused-ring (bicyclic) bond motifs is 1. The molecule has 11 heteroatoms. The molecule has 0 aliphatic carbocycles. The average molecular weight is 463 g/mol. The molecule has 0 saturated heterocycles. The first-order valence-electron chi connectivity index (χ1n) is 9.45. The molecule has 1 aliphatic rings. The van der Waals surface area contributed by atoms with Gasteiger partial charge in [-0.1, -0.05) is 12.1 Å². The van der Waals surface area contributed by atoms with E-state index in [4.69, 9.17) is 4.74 Å². The summed E-state index contributed by atoms with van der Waals surface area (Å²) in [5, 5.41) is 5.41. The summed E-state index contributed by atoms with van der Waals surface area (Å²) in [6.45, 7) is 0.128. The normalized spacial score (nSPS) is 13.3. The van der Waals surface area contributed by atoms with Crippen LogP contribution in [-0.2, 0) is 17.3 Å². The van der Waals surface area contributed by atoms with Crippen molar-refractivity contribution in [2.75, 3.05) is 10.6 Å². The Hall–Kier alpha value is -4.02. The molecule has 6 nitrogen and oxygen atoms in total. The number of benzene rings is 2. The Bertz CT molecular complexity index is 1230. The van der Waals surface area contributed by atoms with Crippen LogP contribution in [0.3, 0.4) is 0 Å². The number of nitrogens with zero attached hydrogens (tertiary/aromatic N) is 1. The highest BCUT2D eigenvalue weighted by molar-refractivity contribution is 6.07. The van der Waals surface area contributed by atoms with Gasteiger partial charge in [0.1, 0.15) is 12.4 Å². The van der Waals surface area contributed by atoms with E-state index in [-0.39, 0.29) is 23.7 Å². The van der Waals surface area contributed by atoms with Crippen molar-refractivity contribution in [3.05, 3.63) is 83.0 Å². The number of carbonyl (C=O) groups excluding carboxylic acids is 2. The number of carbonyl (C=O) groups is 2. The first-order chi connectivity index (χ1) is 15.6. The van der Waals surface area contributed by atoms with Gasteiger partial charge >= 0.3 is 18.1 Å². The SMILES string of the molecule is O=C1OCc2cc(Nc3ncccc3C(=O)Nc3ccc(C(F)(F)C(F)(F)F)cc3)ccc21. The molecule has 0 atom stereocenters. The molecule has 170 valence electrons. The topological polar surface area (TPSA) is 80.3 Å². The number of cyclic esters (lactones) is 1. The molecule has 1 amide bonds. The maximum absolute atomic E-state index is 13.4. The van der Waals surface area contributed by atoms with Crippen molar-refractivity contribution in [2.24, 2.45) is 0 Å². The first kappa shape index (κ1) is 22.2. The number of anilines is 3. The summed E-state index contributed by atoms with van der Waals surface area (Å²) in [7, 11) is 0. The Morgan fingerprint density at radius 3 is 2.36 bits per heavy atom. The molecule has 0 unspecified atom stereocenters. The average Bonchev–Trinajstić information content (AvgIpc) is 3.14. The second-order valence-corrected chi connectivity index (χ2v) is 7.08.